The zero-order valence-corrected chi connectivity index (χ0v) is 11.9. The van der Waals surface area contributed by atoms with Crippen LogP contribution >= 0.6 is 11.3 Å². The zero-order valence-electron chi connectivity index (χ0n) is 11.1. The first-order valence-corrected chi connectivity index (χ1v) is 6.72. The van der Waals surface area contributed by atoms with E-state index >= 15 is 0 Å². The van der Waals surface area contributed by atoms with Crippen LogP contribution in [0.4, 0.5) is 0 Å². The van der Waals surface area contributed by atoms with Crippen molar-refractivity contribution in [2.75, 3.05) is 7.05 Å². The molecule has 2 aromatic rings. The van der Waals surface area contributed by atoms with Crippen molar-refractivity contribution in [3.05, 3.63) is 29.5 Å². The van der Waals surface area contributed by atoms with Crippen molar-refractivity contribution < 1.29 is 14.3 Å². The lowest BCUT2D eigenvalue weighted by Gasteiger charge is -2.30. The third-order valence-electron chi connectivity index (χ3n) is 3.16. The van der Waals surface area contributed by atoms with Gasteiger partial charge in [-0.1, -0.05) is 6.07 Å². The van der Waals surface area contributed by atoms with Crippen molar-refractivity contribution in [3.63, 3.8) is 0 Å². The fourth-order valence-electron chi connectivity index (χ4n) is 1.50. The Morgan fingerprint density at radius 1 is 1.58 bits per heavy atom. The van der Waals surface area contributed by atoms with Crippen molar-refractivity contribution in [3.8, 4) is 10.8 Å². The number of nitrogens with zero attached hydrogens (tertiary/aromatic N) is 2. The fourth-order valence-corrected chi connectivity index (χ4v) is 2.15. The second-order valence-corrected chi connectivity index (χ2v) is 5.79. The minimum Gasteiger partial charge on any atom is -0.480 e. The first kappa shape index (κ1) is 13.8. The van der Waals surface area contributed by atoms with E-state index in [0.717, 1.165) is 10.6 Å². The van der Waals surface area contributed by atoms with Crippen molar-refractivity contribution in [1.82, 2.24) is 9.88 Å². The standard InChI is InChI=1S/C13H16N2O3S/c1-13(2,12(16)17)15(3)7-9-8-18-11(14-9)10-5-4-6-19-10/h4-6,8H,7H2,1-3H3,(H,16,17). The van der Waals surface area contributed by atoms with Crippen LogP contribution < -0.4 is 0 Å². The monoisotopic (exact) mass is 280 g/mol. The second-order valence-electron chi connectivity index (χ2n) is 4.84. The van der Waals surface area contributed by atoms with Crippen molar-refractivity contribution >= 4 is 17.3 Å². The summed E-state index contributed by atoms with van der Waals surface area (Å²) in [5.74, 6) is -0.288. The largest absolute Gasteiger partial charge is 0.480 e. The van der Waals surface area contributed by atoms with Crippen LogP contribution in [0, 0.1) is 0 Å². The number of rotatable bonds is 5. The third-order valence-corrected chi connectivity index (χ3v) is 4.02. The third kappa shape index (κ3) is 2.85. The first-order valence-electron chi connectivity index (χ1n) is 5.84. The molecule has 0 spiro atoms. The van der Waals surface area contributed by atoms with Crippen LogP contribution in [0.2, 0.25) is 0 Å². The van der Waals surface area contributed by atoms with E-state index in [2.05, 4.69) is 4.98 Å². The van der Waals surface area contributed by atoms with Gasteiger partial charge in [0, 0.05) is 6.54 Å². The van der Waals surface area contributed by atoms with Gasteiger partial charge < -0.3 is 9.52 Å². The molecule has 0 aromatic carbocycles. The van der Waals surface area contributed by atoms with E-state index in [-0.39, 0.29) is 0 Å². The maximum atomic E-state index is 11.2. The minimum absolute atomic E-state index is 0.425. The fraction of sp³-hybridized carbons (Fsp3) is 0.385. The Morgan fingerprint density at radius 2 is 2.32 bits per heavy atom. The summed E-state index contributed by atoms with van der Waals surface area (Å²) in [5, 5.41) is 11.1. The number of likely N-dealkylation sites (N-methyl/N-ethyl adjacent to an activating group) is 1. The number of aromatic nitrogens is 1. The topological polar surface area (TPSA) is 66.6 Å². The first-order chi connectivity index (χ1) is 8.91. The van der Waals surface area contributed by atoms with E-state index in [1.165, 1.54) is 0 Å². The lowest BCUT2D eigenvalue weighted by molar-refractivity contribution is -0.148. The normalized spacial score (nSPS) is 12.0. The molecule has 0 radical (unpaired) electrons. The smallest absolute Gasteiger partial charge is 0.323 e. The Morgan fingerprint density at radius 3 is 2.89 bits per heavy atom. The highest BCUT2D eigenvalue weighted by molar-refractivity contribution is 7.13. The van der Waals surface area contributed by atoms with Gasteiger partial charge in [0.05, 0.1) is 10.6 Å². The lowest BCUT2D eigenvalue weighted by atomic mass is 10.0. The summed E-state index contributed by atoms with van der Waals surface area (Å²) < 4.78 is 5.41. The van der Waals surface area contributed by atoms with Crippen molar-refractivity contribution in [2.24, 2.45) is 0 Å². The van der Waals surface area contributed by atoms with E-state index in [9.17, 15) is 4.79 Å². The average Bonchev–Trinajstić information content (AvgIpc) is 2.97. The number of carboxylic acid groups (broad SMARTS) is 1. The predicted octanol–water partition coefficient (Wildman–Crippen LogP) is 2.70. The van der Waals surface area contributed by atoms with Crippen LogP contribution in [0.5, 0.6) is 0 Å². The maximum Gasteiger partial charge on any atom is 0.323 e. The molecule has 0 saturated heterocycles. The Labute approximate surface area is 115 Å². The van der Waals surface area contributed by atoms with E-state index in [1.807, 2.05) is 17.5 Å². The van der Waals surface area contributed by atoms with Crippen LogP contribution in [-0.2, 0) is 11.3 Å². The maximum absolute atomic E-state index is 11.2. The molecule has 0 aliphatic carbocycles. The minimum atomic E-state index is -0.942. The number of hydrogen-bond donors (Lipinski definition) is 1. The van der Waals surface area contributed by atoms with Gasteiger partial charge in [-0.3, -0.25) is 9.69 Å². The summed E-state index contributed by atoms with van der Waals surface area (Å²) in [4.78, 5) is 18.2. The lowest BCUT2D eigenvalue weighted by Crippen LogP contribution is -2.47. The van der Waals surface area contributed by atoms with Gasteiger partial charge in [0.15, 0.2) is 0 Å². The van der Waals surface area contributed by atoms with Gasteiger partial charge in [0.1, 0.15) is 11.8 Å². The molecule has 1 N–H and O–H groups in total. The van der Waals surface area contributed by atoms with E-state index in [0.29, 0.717) is 12.4 Å². The Balaban J connectivity index is 2.11. The molecule has 0 aliphatic rings. The molecule has 0 amide bonds. The van der Waals surface area contributed by atoms with E-state index < -0.39 is 11.5 Å². The molecule has 102 valence electrons. The number of aliphatic carboxylic acids is 1. The van der Waals surface area contributed by atoms with Crippen LogP contribution in [0.25, 0.3) is 10.8 Å². The molecule has 6 heteroatoms. The number of hydrogen-bond acceptors (Lipinski definition) is 5. The molecule has 0 aliphatic heterocycles. The van der Waals surface area contributed by atoms with Crippen molar-refractivity contribution in [2.45, 2.75) is 25.9 Å². The number of carbonyl (C=O) groups is 1. The van der Waals surface area contributed by atoms with Gasteiger partial charge >= 0.3 is 5.97 Å². The second kappa shape index (κ2) is 5.14. The highest BCUT2D eigenvalue weighted by Gasteiger charge is 2.32. The molecular weight excluding hydrogens is 264 g/mol. The van der Waals surface area contributed by atoms with E-state index in [4.69, 9.17) is 9.52 Å². The summed E-state index contributed by atoms with van der Waals surface area (Å²) in [6.07, 6.45) is 1.57. The highest BCUT2D eigenvalue weighted by atomic mass is 32.1. The molecule has 2 rings (SSSR count). The van der Waals surface area contributed by atoms with Gasteiger partial charge in [0.25, 0.3) is 0 Å². The molecule has 5 nitrogen and oxygen atoms in total. The molecule has 0 saturated carbocycles. The van der Waals surface area contributed by atoms with Gasteiger partial charge in [-0.2, -0.15) is 0 Å². The van der Waals surface area contributed by atoms with Gasteiger partial charge in [-0.05, 0) is 32.3 Å². The Bertz CT molecular complexity index is 560. The molecule has 2 aromatic heterocycles. The van der Waals surface area contributed by atoms with Crippen LogP contribution in [0.3, 0.4) is 0 Å². The predicted molar refractivity (Wildman–Crippen MR) is 73.0 cm³/mol. The Kier molecular flexibility index (Phi) is 3.73. The molecule has 2 heterocycles. The van der Waals surface area contributed by atoms with E-state index in [1.54, 1.807) is 43.4 Å². The van der Waals surface area contributed by atoms with Crippen molar-refractivity contribution in [1.29, 1.82) is 0 Å². The summed E-state index contributed by atoms with van der Waals surface area (Å²) in [6, 6.07) is 3.87. The number of carboxylic acids is 1. The summed E-state index contributed by atoms with van der Waals surface area (Å²) in [5.41, 5.74) is -0.220. The number of thiophene rings is 1. The quantitative estimate of drug-likeness (QED) is 0.912. The molecule has 0 atom stereocenters. The van der Waals surface area contributed by atoms with Crippen LogP contribution in [0.15, 0.2) is 28.2 Å². The molecule has 0 unspecified atom stereocenters. The summed E-state index contributed by atoms with van der Waals surface area (Å²) in [7, 11) is 1.76. The summed E-state index contributed by atoms with van der Waals surface area (Å²) >= 11 is 1.55. The average molecular weight is 280 g/mol. The SMILES string of the molecule is CN(Cc1coc(-c2cccs2)n1)C(C)(C)C(=O)O. The molecular formula is C13H16N2O3S. The van der Waals surface area contributed by atoms with Gasteiger partial charge in [-0.25, -0.2) is 4.98 Å². The zero-order chi connectivity index (χ0) is 14.0. The summed E-state index contributed by atoms with van der Waals surface area (Å²) in [6.45, 7) is 3.75. The van der Waals surface area contributed by atoms with Crippen LogP contribution in [0.1, 0.15) is 19.5 Å². The molecule has 0 bridgehead atoms. The molecule has 19 heavy (non-hydrogen) atoms. The highest BCUT2D eigenvalue weighted by Crippen LogP contribution is 2.24. The molecule has 0 fully saturated rings. The Hall–Kier alpha value is -1.66. The van der Waals surface area contributed by atoms with Gasteiger partial charge in [0.2, 0.25) is 5.89 Å². The van der Waals surface area contributed by atoms with Crippen LogP contribution in [-0.4, -0.2) is 33.5 Å². The number of oxazole rings is 1. The van der Waals surface area contributed by atoms with Gasteiger partial charge in [-0.15, -0.1) is 11.3 Å².